The van der Waals surface area contributed by atoms with Crippen LogP contribution in [0.4, 0.5) is 5.00 Å². The molecule has 1 aliphatic rings. The molecule has 180 valence electrons. The van der Waals surface area contributed by atoms with Gasteiger partial charge in [0.05, 0.1) is 10.5 Å². The Hall–Kier alpha value is -2.27. The number of hydrogen-bond acceptors (Lipinski definition) is 6. The SMILES string of the molecule is CCCCN(C)S(=O)(=O)c1ccc(C(=O)Nc2sc3c(c2C(=O)O)CCN(C(C)C)C3)cc1. The van der Waals surface area contributed by atoms with Crippen LogP contribution in [0.3, 0.4) is 0 Å². The van der Waals surface area contributed by atoms with Gasteiger partial charge in [-0.15, -0.1) is 11.3 Å². The summed E-state index contributed by atoms with van der Waals surface area (Å²) in [5.74, 6) is -1.53. The molecule has 33 heavy (non-hydrogen) atoms. The van der Waals surface area contributed by atoms with Crippen molar-refractivity contribution < 1.29 is 23.1 Å². The number of carboxylic acid groups (broad SMARTS) is 1. The largest absolute Gasteiger partial charge is 0.478 e. The van der Waals surface area contributed by atoms with Crippen LogP contribution in [0.2, 0.25) is 0 Å². The van der Waals surface area contributed by atoms with Crippen LogP contribution < -0.4 is 5.32 Å². The Balaban J connectivity index is 1.80. The van der Waals surface area contributed by atoms with Crippen LogP contribution in [-0.2, 0) is 23.0 Å². The summed E-state index contributed by atoms with van der Waals surface area (Å²) in [6.07, 6.45) is 2.28. The van der Waals surface area contributed by atoms with Crippen molar-refractivity contribution in [3.05, 3.63) is 45.8 Å². The number of nitrogens with zero attached hydrogens (tertiary/aromatic N) is 2. The molecule has 1 aromatic heterocycles. The number of nitrogens with one attached hydrogen (secondary N) is 1. The average molecular weight is 494 g/mol. The normalized spacial score (nSPS) is 14.5. The number of carbonyl (C=O) groups excluding carboxylic acids is 1. The third-order valence-corrected chi connectivity index (χ3v) is 8.91. The average Bonchev–Trinajstić information content (AvgIpc) is 3.14. The number of sulfonamides is 1. The highest BCUT2D eigenvalue weighted by Gasteiger charge is 2.29. The molecular weight excluding hydrogens is 462 g/mol. The van der Waals surface area contributed by atoms with Crippen molar-refractivity contribution in [2.24, 2.45) is 0 Å². The fourth-order valence-corrected chi connectivity index (χ4v) is 6.28. The molecule has 10 heteroatoms. The van der Waals surface area contributed by atoms with Gasteiger partial charge in [-0.3, -0.25) is 9.69 Å². The lowest BCUT2D eigenvalue weighted by Gasteiger charge is -2.30. The zero-order valence-electron chi connectivity index (χ0n) is 19.4. The van der Waals surface area contributed by atoms with Crippen molar-refractivity contribution in [1.82, 2.24) is 9.21 Å². The zero-order chi connectivity index (χ0) is 24.3. The minimum Gasteiger partial charge on any atom is -0.478 e. The molecule has 1 amide bonds. The fourth-order valence-electron chi connectivity index (χ4n) is 3.81. The van der Waals surface area contributed by atoms with Crippen molar-refractivity contribution in [2.45, 2.75) is 57.5 Å². The summed E-state index contributed by atoms with van der Waals surface area (Å²) in [4.78, 5) is 28.1. The van der Waals surface area contributed by atoms with Gasteiger partial charge in [-0.25, -0.2) is 17.5 Å². The number of carboxylic acids is 1. The second-order valence-electron chi connectivity index (χ2n) is 8.49. The van der Waals surface area contributed by atoms with Crippen LogP contribution >= 0.6 is 11.3 Å². The van der Waals surface area contributed by atoms with E-state index in [1.165, 1.54) is 47.0 Å². The van der Waals surface area contributed by atoms with E-state index in [-0.39, 0.29) is 16.0 Å². The Labute approximate surface area is 199 Å². The summed E-state index contributed by atoms with van der Waals surface area (Å²) in [7, 11) is -2.08. The number of unbranched alkanes of at least 4 members (excludes halogenated alkanes) is 1. The summed E-state index contributed by atoms with van der Waals surface area (Å²) >= 11 is 1.30. The van der Waals surface area contributed by atoms with E-state index in [1.807, 2.05) is 6.92 Å². The summed E-state index contributed by atoms with van der Waals surface area (Å²) in [6, 6.07) is 6.06. The molecular formula is C23H31N3O5S2. The lowest BCUT2D eigenvalue weighted by molar-refractivity contribution is 0.0696. The van der Waals surface area contributed by atoms with Crippen LogP contribution in [0.25, 0.3) is 0 Å². The van der Waals surface area contributed by atoms with E-state index in [4.69, 9.17) is 0 Å². The Kier molecular flexibility index (Phi) is 7.94. The van der Waals surface area contributed by atoms with E-state index < -0.39 is 21.9 Å². The third-order valence-electron chi connectivity index (χ3n) is 5.91. The Morgan fingerprint density at radius 3 is 2.48 bits per heavy atom. The first-order chi connectivity index (χ1) is 15.6. The lowest BCUT2D eigenvalue weighted by Crippen LogP contribution is -2.35. The summed E-state index contributed by atoms with van der Waals surface area (Å²) < 4.78 is 26.7. The van der Waals surface area contributed by atoms with Gasteiger partial charge in [0.15, 0.2) is 0 Å². The smallest absolute Gasteiger partial charge is 0.339 e. The van der Waals surface area contributed by atoms with Gasteiger partial charge in [0.1, 0.15) is 5.00 Å². The number of benzene rings is 1. The standard InChI is InChI=1S/C23H31N3O5S2/c1-5-6-12-25(4)33(30,31)17-9-7-16(8-10-17)21(27)24-22-20(23(28)29)18-11-13-26(15(2)3)14-19(18)32-22/h7-10,15H,5-6,11-14H2,1-4H3,(H,24,27)(H,28,29). The molecule has 0 saturated heterocycles. The molecule has 2 aromatic rings. The summed E-state index contributed by atoms with van der Waals surface area (Å²) in [6.45, 7) is 8.06. The molecule has 3 rings (SSSR count). The number of anilines is 1. The third kappa shape index (κ3) is 5.46. The van der Waals surface area contributed by atoms with Crippen molar-refractivity contribution in [3.63, 3.8) is 0 Å². The number of hydrogen-bond donors (Lipinski definition) is 2. The molecule has 0 radical (unpaired) electrons. The molecule has 1 aromatic carbocycles. The van der Waals surface area contributed by atoms with Gasteiger partial charge in [-0.2, -0.15) is 0 Å². The second kappa shape index (κ2) is 10.3. The number of aromatic carboxylic acids is 1. The summed E-state index contributed by atoms with van der Waals surface area (Å²) in [5, 5.41) is 12.8. The number of thiophene rings is 1. The van der Waals surface area contributed by atoms with Crippen molar-refractivity contribution in [3.8, 4) is 0 Å². The van der Waals surface area contributed by atoms with E-state index in [0.717, 1.165) is 29.8 Å². The van der Waals surface area contributed by atoms with Gasteiger partial charge >= 0.3 is 5.97 Å². The molecule has 0 unspecified atom stereocenters. The Morgan fingerprint density at radius 2 is 1.91 bits per heavy atom. The molecule has 0 spiro atoms. The maximum Gasteiger partial charge on any atom is 0.339 e. The highest BCUT2D eigenvalue weighted by atomic mass is 32.2. The predicted molar refractivity (Wildman–Crippen MR) is 130 cm³/mol. The first-order valence-corrected chi connectivity index (χ1v) is 13.3. The van der Waals surface area contributed by atoms with Gasteiger partial charge < -0.3 is 10.4 Å². The van der Waals surface area contributed by atoms with Crippen LogP contribution in [0.1, 0.15) is 64.8 Å². The predicted octanol–water partition coefficient (Wildman–Crippen LogP) is 3.89. The monoisotopic (exact) mass is 493 g/mol. The molecule has 2 heterocycles. The first-order valence-electron chi connectivity index (χ1n) is 11.1. The minimum absolute atomic E-state index is 0.115. The number of rotatable bonds is 9. The fraction of sp³-hybridized carbons (Fsp3) is 0.478. The van der Waals surface area contributed by atoms with Crippen molar-refractivity contribution in [1.29, 1.82) is 0 Å². The molecule has 0 saturated carbocycles. The van der Waals surface area contributed by atoms with E-state index in [9.17, 15) is 23.1 Å². The van der Waals surface area contributed by atoms with Crippen LogP contribution in [0.5, 0.6) is 0 Å². The van der Waals surface area contributed by atoms with Gasteiger partial charge in [-0.05, 0) is 56.5 Å². The summed E-state index contributed by atoms with van der Waals surface area (Å²) in [5.41, 5.74) is 1.21. The number of fused-ring (bicyclic) bond motifs is 1. The van der Waals surface area contributed by atoms with Crippen LogP contribution in [0, 0.1) is 0 Å². The van der Waals surface area contributed by atoms with Gasteiger partial charge in [-0.1, -0.05) is 13.3 Å². The second-order valence-corrected chi connectivity index (χ2v) is 11.6. The van der Waals surface area contributed by atoms with E-state index in [2.05, 4.69) is 24.1 Å². The minimum atomic E-state index is -3.62. The van der Waals surface area contributed by atoms with Crippen LogP contribution in [0.15, 0.2) is 29.2 Å². The van der Waals surface area contributed by atoms with Gasteiger partial charge in [0, 0.05) is 43.2 Å². The van der Waals surface area contributed by atoms with Crippen LogP contribution in [-0.4, -0.2) is 60.8 Å². The van der Waals surface area contributed by atoms with E-state index in [0.29, 0.717) is 30.6 Å². The first kappa shape index (κ1) is 25.4. The molecule has 0 aliphatic carbocycles. The highest BCUT2D eigenvalue weighted by Crippen LogP contribution is 2.37. The maximum absolute atomic E-state index is 12.8. The molecule has 0 atom stereocenters. The highest BCUT2D eigenvalue weighted by molar-refractivity contribution is 7.89. The lowest BCUT2D eigenvalue weighted by atomic mass is 10.0. The maximum atomic E-state index is 12.8. The van der Waals surface area contributed by atoms with E-state index in [1.54, 1.807) is 0 Å². The topological polar surface area (TPSA) is 107 Å². The number of carbonyl (C=O) groups is 2. The van der Waals surface area contributed by atoms with Gasteiger partial charge in [0.25, 0.3) is 5.91 Å². The van der Waals surface area contributed by atoms with Crippen molar-refractivity contribution >= 4 is 38.2 Å². The zero-order valence-corrected chi connectivity index (χ0v) is 21.1. The number of amides is 1. The quantitative estimate of drug-likeness (QED) is 0.549. The molecule has 0 bridgehead atoms. The van der Waals surface area contributed by atoms with Gasteiger partial charge in [0.2, 0.25) is 10.0 Å². The Bertz CT molecular complexity index is 1120. The van der Waals surface area contributed by atoms with Crippen molar-refractivity contribution in [2.75, 3.05) is 25.5 Å². The molecule has 8 nitrogen and oxygen atoms in total. The Morgan fingerprint density at radius 1 is 1.24 bits per heavy atom. The molecule has 1 aliphatic heterocycles. The van der Waals surface area contributed by atoms with E-state index >= 15 is 0 Å². The molecule has 0 fully saturated rings. The molecule has 2 N–H and O–H groups in total.